The van der Waals surface area contributed by atoms with Crippen molar-refractivity contribution in [2.24, 2.45) is 50.7 Å². The molecule has 15 heteroatoms. The Labute approximate surface area is 329 Å². The Morgan fingerprint density at radius 1 is 0.768 bits per heavy atom. The van der Waals surface area contributed by atoms with Gasteiger partial charge in [0.05, 0.1) is 36.3 Å². The molecule has 5 aliphatic rings. The second-order valence-corrected chi connectivity index (χ2v) is 18.2. The van der Waals surface area contributed by atoms with E-state index in [4.69, 9.17) is 33.2 Å². The number of rotatable bonds is 7. The van der Waals surface area contributed by atoms with Crippen LogP contribution in [0.3, 0.4) is 0 Å². The number of esters is 6. The standard InChI is InChI=1S/C41H62O15/c1-20-18-41(49)28-15-16-36(8)27-14-13-17-51-19-40(27,21(2)52-22(3)42)32(54-24(5)44)29(53-23(4)43)30(36)37(28,9)33(55-25(6)45)34(56-26(7)46)39(41,11)38(10,31(20)47)35(48)50-12/h20-21,27-34,47,49H,13-19H2,1-12H3/t20-,21-,27-,28?,29-,30?,31?,32-,33?,34-,36?,37?,38?,39?,40?,41?/m0/s1. The highest BCUT2D eigenvalue weighted by Crippen LogP contribution is 2.77. The van der Waals surface area contributed by atoms with Gasteiger partial charge in [-0.3, -0.25) is 28.8 Å². The van der Waals surface area contributed by atoms with Gasteiger partial charge in [0.2, 0.25) is 0 Å². The molecule has 15 nitrogen and oxygen atoms in total. The highest BCUT2D eigenvalue weighted by molar-refractivity contribution is 5.80. The lowest BCUT2D eigenvalue weighted by Crippen LogP contribution is -2.85. The fourth-order valence-electron chi connectivity index (χ4n) is 13.6. The van der Waals surface area contributed by atoms with E-state index in [0.717, 1.165) is 0 Å². The summed E-state index contributed by atoms with van der Waals surface area (Å²) in [6.07, 6.45) is -6.18. The molecule has 56 heavy (non-hydrogen) atoms. The Morgan fingerprint density at radius 3 is 1.86 bits per heavy atom. The quantitative estimate of drug-likeness (QED) is 0.280. The summed E-state index contributed by atoms with van der Waals surface area (Å²) in [6, 6.07) is 0. The van der Waals surface area contributed by atoms with E-state index < -0.39 is 129 Å². The van der Waals surface area contributed by atoms with Gasteiger partial charge in [0.15, 0.2) is 6.10 Å². The molecule has 0 spiro atoms. The Bertz CT molecular complexity index is 1610. The molecule has 1 heterocycles. The van der Waals surface area contributed by atoms with Crippen LogP contribution in [0.15, 0.2) is 0 Å². The lowest BCUT2D eigenvalue weighted by atomic mass is 9.29. The molecule has 0 amide bonds. The van der Waals surface area contributed by atoms with E-state index in [9.17, 15) is 39.0 Å². The first-order chi connectivity index (χ1) is 25.9. The molecule has 10 unspecified atom stereocenters. The zero-order valence-electron chi connectivity index (χ0n) is 34.9. The number of carbonyl (C=O) groups is 6. The van der Waals surface area contributed by atoms with Crippen LogP contribution in [0.4, 0.5) is 0 Å². The number of methoxy groups -OCH3 is 1. The maximum atomic E-state index is 14.1. The smallest absolute Gasteiger partial charge is 0.314 e. The van der Waals surface area contributed by atoms with Crippen LogP contribution < -0.4 is 0 Å². The van der Waals surface area contributed by atoms with Crippen molar-refractivity contribution < 1.29 is 72.1 Å². The number of fused-ring (bicyclic) bond motifs is 7. The largest absolute Gasteiger partial charge is 0.469 e. The van der Waals surface area contributed by atoms with Crippen molar-refractivity contribution in [3.8, 4) is 0 Å². The molecular formula is C41H62O15. The zero-order chi connectivity index (χ0) is 42.1. The van der Waals surface area contributed by atoms with Gasteiger partial charge < -0.3 is 43.4 Å². The summed E-state index contributed by atoms with van der Waals surface area (Å²) in [5.74, 6) is -7.28. The third kappa shape index (κ3) is 5.98. The molecule has 0 aromatic rings. The number of ether oxygens (including phenoxy) is 7. The van der Waals surface area contributed by atoms with Crippen LogP contribution in [0.1, 0.15) is 108 Å². The van der Waals surface area contributed by atoms with Gasteiger partial charge in [-0.05, 0) is 69.1 Å². The van der Waals surface area contributed by atoms with Gasteiger partial charge in [-0.1, -0.05) is 27.7 Å². The molecule has 16 atom stereocenters. The summed E-state index contributed by atoms with van der Waals surface area (Å²) >= 11 is 0. The van der Waals surface area contributed by atoms with Gasteiger partial charge in [-0.25, -0.2) is 0 Å². The SMILES string of the molecule is COC(=O)C1(C)C(O)[C@@H](C)CC2(O)C3CCC4(C)C([C@H](OC(C)=O)[C@H](OC(C)=O)C5([C@H](C)OC(C)=O)COCCC[C@@H]45)C3(C)C(OC(C)=O)[C@H](OC(C)=O)C21C. The third-order valence-corrected chi connectivity index (χ3v) is 15.5. The monoisotopic (exact) mass is 794 g/mol. The fraction of sp³-hybridized carbons (Fsp3) is 0.854. The first-order valence-corrected chi connectivity index (χ1v) is 19.8. The van der Waals surface area contributed by atoms with E-state index >= 15 is 0 Å². The second kappa shape index (κ2) is 14.8. The minimum absolute atomic E-state index is 0.0113. The second-order valence-electron chi connectivity index (χ2n) is 18.2. The highest BCUT2D eigenvalue weighted by atomic mass is 16.6. The van der Waals surface area contributed by atoms with Gasteiger partial charge in [-0.2, -0.15) is 0 Å². The molecule has 1 aliphatic heterocycles. The number of aliphatic hydroxyl groups is 2. The Hall–Kier alpha value is -3.30. The zero-order valence-corrected chi connectivity index (χ0v) is 34.9. The first kappa shape index (κ1) is 43.8. The maximum Gasteiger partial charge on any atom is 0.314 e. The van der Waals surface area contributed by atoms with E-state index in [1.807, 2.05) is 13.8 Å². The average Bonchev–Trinajstić information content (AvgIpc) is 3.32. The number of hydrogen-bond acceptors (Lipinski definition) is 15. The van der Waals surface area contributed by atoms with E-state index in [1.165, 1.54) is 48.7 Å². The van der Waals surface area contributed by atoms with Crippen molar-refractivity contribution in [1.82, 2.24) is 0 Å². The van der Waals surface area contributed by atoms with Crippen LogP contribution >= 0.6 is 0 Å². The van der Waals surface area contributed by atoms with Gasteiger partial charge in [0, 0.05) is 52.6 Å². The van der Waals surface area contributed by atoms with Gasteiger partial charge in [-0.15, -0.1) is 0 Å². The van der Waals surface area contributed by atoms with Crippen LogP contribution in [-0.2, 0) is 61.9 Å². The van der Waals surface area contributed by atoms with E-state index in [2.05, 4.69) is 0 Å². The molecule has 4 aliphatic carbocycles. The fourth-order valence-corrected chi connectivity index (χ4v) is 13.6. The van der Waals surface area contributed by atoms with Crippen molar-refractivity contribution in [2.45, 2.75) is 150 Å². The van der Waals surface area contributed by atoms with Crippen LogP contribution in [0, 0.1) is 50.7 Å². The summed E-state index contributed by atoms with van der Waals surface area (Å²) in [7, 11) is 1.17. The van der Waals surface area contributed by atoms with Crippen molar-refractivity contribution in [3.05, 3.63) is 0 Å². The lowest BCUT2D eigenvalue weighted by molar-refractivity contribution is -0.382. The topological polar surface area (TPSA) is 207 Å². The predicted molar refractivity (Wildman–Crippen MR) is 195 cm³/mol. The molecule has 5 rings (SSSR count). The molecular weight excluding hydrogens is 732 g/mol. The van der Waals surface area contributed by atoms with Crippen molar-refractivity contribution in [1.29, 1.82) is 0 Å². The third-order valence-electron chi connectivity index (χ3n) is 15.5. The number of hydrogen-bond donors (Lipinski definition) is 2. The molecule has 0 bridgehead atoms. The molecule has 316 valence electrons. The summed E-state index contributed by atoms with van der Waals surface area (Å²) in [5.41, 5.74) is -9.29. The summed E-state index contributed by atoms with van der Waals surface area (Å²) in [6.45, 7) is 16.8. The summed E-state index contributed by atoms with van der Waals surface area (Å²) in [5, 5.41) is 25.7. The van der Waals surface area contributed by atoms with Crippen molar-refractivity contribution in [3.63, 3.8) is 0 Å². The minimum atomic E-state index is -1.93. The Kier molecular flexibility index (Phi) is 11.6. The molecule has 0 aromatic heterocycles. The molecule has 5 fully saturated rings. The minimum Gasteiger partial charge on any atom is -0.469 e. The molecule has 0 radical (unpaired) electrons. The molecule has 1 saturated heterocycles. The van der Waals surface area contributed by atoms with Crippen molar-refractivity contribution >= 4 is 35.8 Å². The molecule has 0 aromatic carbocycles. The van der Waals surface area contributed by atoms with Crippen LogP contribution in [0.2, 0.25) is 0 Å². The van der Waals surface area contributed by atoms with Crippen LogP contribution in [0.5, 0.6) is 0 Å². The lowest BCUT2D eigenvalue weighted by Gasteiger charge is -2.77. The van der Waals surface area contributed by atoms with E-state index in [1.54, 1.807) is 20.8 Å². The van der Waals surface area contributed by atoms with Crippen LogP contribution in [-0.4, -0.2) is 109 Å². The van der Waals surface area contributed by atoms with E-state index in [0.29, 0.717) is 25.9 Å². The molecule has 4 saturated carbocycles. The first-order valence-electron chi connectivity index (χ1n) is 19.8. The Balaban J connectivity index is 1.93. The van der Waals surface area contributed by atoms with Gasteiger partial charge in [0.1, 0.15) is 29.8 Å². The predicted octanol–water partition coefficient (Wildman–Crippen LogP) is 3.46. The summed E-state index contributed by atoms with van der Waals surface area (Å²) < 4.78 is 42.8. The van der Waals surface area contributed by atoms with Crippen LogP contribution in [0.25, 0.3) is 0 Å². The van der Waals surface area contributed by atoms with Gasteiger partial charge >= 0.3 is 35.8 Å². The molecule has 2 N–H and O–H groups in total. The summed E-state index contributed by atoms with van der Waals surface area (Å²) in [4.78, 5) is 80.1. The maximum absolute atomic E-state index is 14.1. The number of carbonyl (C=O) groups excluding carboxylic acids is 6. The van der Waals surface area contributed by atoms with E-state index in [-0.39, 0.29) is 19.4 Å². The average molecular weight is 795 g/mol. The van der Waals surface area contributed by atoms with Gasteiger partial charge in [0.25, 0.3) is 0 Å². The highest BCUT2D eigenvalue weighted by Gasteiger charge is 2.85. The van der Waals surface area contributed by atoms with Crippen molar-refractivity contribution in [2.75, 3.05) is 20.3 Å². The normalized spacial score (nSPS) is 46.1. The number of aliphatic hydroxyl groups excluding tert-OH is 1. The Morgan fingerprint density at radius 2 is 1.32 bits per heavy atom.